The molecule has 15 heavy (non-hydrogen) atoms. The minimum Gasteiger partial charge on any atom is -0.324 e. The first-order chi connectivity index (χ1) is 7.13. The Kier molecular flexibility index (Phi) is 2.67. The summed E-state index contributed by atoms with van der Waals surface area (Å²) in [6.45, 7) is 4.67. The predicted octanol–water partition coefficient (Wildman–Crippen LogP) is 2.25. The van der Waals surface area contributed by atoms with Crippen molar-refractivity contribution >= 4 is 23.2 Å². The molecule has 2 N–H and O–H groups in total. The summed E-state index contributed by atoms with van der Waals surface area (Å²) >= 11 is 5.97. The third-order valence-electron chi connectivity index (χ3n) is 2.56. The van der Waals surface area contributed by atoms with Gasteiger partial charge in [-0.05, 0) is 31.2 Å². The second-order valence-corrected chi connectivity index (χ2v) is 4.10. The zero-order valence-corrected chi connectivity index (χ0v) is 9.48. The van der Waals surface area contributed by atoms with Crippen molar-refractivity contribution < 1.29 is 4.79 Å². The third-order valence-corrected chi connectivity index (χ3v) is 2.78. The van der Waals surface area contributed by atoms with E-state index in [0.29, 0.717) is 5.02 Å². The van der Waals surface area contributed by atoms with Gasteiger partial charge >= 0.3 is 0 Å². The Morgan fingerprint density at radius 3 is 2.93 bits per heavy atom. The molecule has 1 heterocycles. The van der Waals surface area contributed by atoms with Crippen molar-refractivity contribution in [3.63, 3.8) is 0 Å². The summed E-state index contributed by atoms with van der Waals surface area (Å²) in [4.78, 5) is 11.7. The third kappa shape index (κ3) is 1.73. The van der Waals surface area contributed by atoms with Gasteiger partial charge in [0.2, 0.25) is 5.91 Å². The zero-order valence-electron chi connectivity index (χ0n) is 8.73. The van der Waals surface area contributed by atoms with Crippen molar-refractivity contribution in [2.24, 2.45) is 0 Å². The fourth-order valence-electron chi connectivity index (χ4n) is 1.91. The van der Waals surface area contributed by atoms with Crippen LogP contribution in [0.15, 0.2) is 12.1 Å². The Balaban J connectivity index is 2.48. The molecule has 1 aliphatic rings. The van der Waals surface area contributed by atoms with Crippen LogP contribution in [0.2, 0.25) is 5.02 Å². The Labute approximate surface area is 93.8 Å². The first kappa shape index (κ1) is 10.5. The Morgan fingerprint density at radius 1 is 1.53 bits per heavy atom. The van der Waals surface area contributed by atoms with Crippen LogP contribution in [0.1, 0.15) is 24.1 Å². The number of nitrogens with one attached hydrogen (secondary N) is 2. The van der Waals surface area contributed by atoms with E-state index in [4.69, 9.17) is 11.6 Å². The molecule has 0 radical (unpaired) electrons. The lowest BCUT2D eigenvalue weighted by atomic mass is 10.1. The van der Waals surface area contributed by atoms with Crippen LogP contribution >= 0.6 is 11.6 Å². The number of carbonyl (C=O) groups excluding carboxylic acids is 1. The number of amides is 1. The molecule has 0 fully saturated rings. The van der Waals surface area contributed by atoms with E-state index in [2.05, 4.69) is 10.6 Å². The quantitative estimate of drug-likeness (QED) is 0.809. The summed E-state index contributed by atoms with van der Waals surface area (Å²) in [6, 6.07) is 3.44. The van der Waals surface area contributed by atoms with Gasteiger partial charge in [-0.25, -0.2) is 0 Å². The molecule has 4 heteroatoms. The van der Waals surface area contributed by atoms with E-state index in [1.807, 2.05) is 26.0 Å². The van der Waals surface area contributed by atoms with Crippen LogP contribution in [-0.4, -0.2) is 12.5 Å². The summed E-state index contributed by atoms with van der Waals surface area (Å²) in [5.41, 5.74) is 2.86. The second kappa shape index (κ2) is 3.83. The van der Waals surface area contributed by atoms with E-state index in [0.717, 1.165) is 23.4 Å². The van der Waals surface area contributed by atoms with Crippen molar-refractivity contribution in [2.75, 3.05) is 11.9 Å². The summed E-state index contributed by atoms with van der Waals surface area (Å²) in [5, 5.41) is 6.67. The average Bonchev–Trinajstić information content (AvgIpc) is 2.46. The lowest BCUT2D eigenvalue weighted by Gasteiger charge is -2.09. The van der Waals surface area contributed by atoms with Gasteiger partial charge in [-0.3, -0.25) is 4.79 Å². The number of likely N-dealkylation sites (N-methyl/N-ethyl adjacent to an activating group) is 1. The maximum atomic E-state index is 11.7. The molecular formula is C11H13ClN2O. The van der Waals surface area contributed by atoms with Gasteiger partial charge in [0.15, 0.2) is 0 Å². The number of benzene rings is 1. The van der Waals surface area contributed by atoms with Gasteiger partial charge in [-0.1, -0.05) is 18.5 Å². The van der Waals surface area contributed by atoms with Gasteiger partial charge in [0, 0.05) is 16.3 Å². The van der Waals surface area contributed by atoms with E-state index in [1.54, 1.807) is 0 Å². The van der Waals surface area contributed by atoms with Crippen molar-refractivity contribution in [3.05, 3.63) is 28.3 Å². The molecule has 80 valence electrons. The molecule has 0 saturated heterocycles. The number of fused-ring (bicyclic) bond motifs is 1. The van der Waals surface area contributed by atoms with Crippen LogP contribution in [-0.2, 0) is 4.79 Å². The molecule has 1 aliphatic heterocycles. The number of aryl methyl sites for hydroxylation is 1. The molecule has 1 amide bonds. The SMILES string of the molecule is CCNC1C(=O)Nc2c(C)cc(Cl)cc21. The summed E-state index contributed by atoms with van der Waals surface area (Å²) in [7, 11) is 0. The molecule has 1 aromatic rings. The lowest BCUT2D eigenvalue weighted by molar-refractivity contribution is -0.117. The highest BCUT2D eigenvalue weighted by atomic mass is 35.5. The summed E-state index contributed by atoms with van der Waals surface area (Å²) in [5.74, 6) is -0.00258. The smallest absolute Gasteiger partial charge is 0.246 e. The summed E-state index contributed by atoms with van der Waals surface area (Å²) < 4.78 is 0. The van der Waals surface area contributed by atoms with E-state index < -0.39 is 0 Å². The minimum atomic E-state index is -0.262. The first-order valence-corrected chi connectivity index (χ1v) is 5.35. The van der Waals surface area contributed by atoms with Crippen molar-refractivity contribution in [3.8, 4) is 0 Å². The Hall–Kier alpha value is -1.06. The molecule has 0 aromatic heterocycles. The number of hydrogen-bond donors (Lipinski definition) is 2. The van der Waals surface area contributed by atoms with Gasteiger partial charge in [0.1, 0.15) is 6.04 Å². The van der Waals surface area contributed by atoms with Crippen molar-refractivity contribution in [2.45, 2.75) is 19.9 Å². The normalized spacial score (nSPS) is 18.9. The van der Waals surface area contributed by atoms with Crippen LogP contribution < -0.4 is 10.6 Å². The standard InChI is InChI=1S/C11H13ClN2O/c1-3-13-10-8-5-7(12)4-6(2)9(8)14-11(10)15/h4-5,10,13H,3H2,1-2H3,(H,14,15). The van der Waals surface area contributed by atoms with Crippen LogP contribution in [0.4, 0.5) is 5.69 Å². The highest BCUT2D eigenvalue weighted by Crippen LogP contribution is 2.35. The van der Waals surface area contributed by atoms with Gasteiger partial charge in [0.05, 0.1) is 0 Å². The second-order valence-electron chi connectivity index (χ2n) is 3.67. The van der Waals surface area contributed by atoms with Crippen LogP contribution in [0, 0.1) is 6.92 Å². The van der Waals surface area contributed by atoms with Gasteiger partial charge in [-0.2, -0.15) is 0 Å². The topological polar surface area (TPSA) is 41.1 Å². The molecule has 2 rings (SSSR count). The Bertz CT molecular complexity index is 417. The number of hydrogen-bond acceptors (Lipinski definition) is 2. The molecule has 1 unspecified atom stereocenters. The average molecular weight is 225 g/mol. The molecule has 0 spiro atoms. The Morgan fingerprint density at radius 2 is 2.27 bits per heavy atom. The first-order valence-electron chi connectivity index (χ1n) is 4.97. The number of carbonyl (C=O) groups is 1. The van der Waals surface area contributed by atoms with Crippen molar-refractivity contribution in [1.29, 1.82) is 0 Å². The summed E-state index contributed by atoms with van der Waals surface area (Å²) in [6.07, 6.45) is 0. The fourth-order valence-corrected chi connectivity index (χ4v) is 2.19. The molecular weight excluding hydrogens is 212 g/mol. The minimum absolute atomic E-state index is 0.00258. The fraction of sp³-hybridized carbons (Fsp3) is 0.364. The molecule has 0 aliphatic carbocycles. The van der Waals surface area contributed by atoms with E-state index >= 15 is 0 Å². The van der Waals surface area contributed by atoms with Crippen LogP contribution in [0.25, 0.3) is 0 Å². The number of halogens is 1. The van der Waals surface area contributed by atoms with Gasteiger partial charge in [0.25, 0.3) is 0 Å². The molecule has 1 atom stereocenters. The lowest BCUT2D eigenvalue weighted by Crippen LogP contribution is -2.27. The van der Waals surface area contributed by atoms with Gasteiger partial charge < -0.3 is 10.6 Å². The number of rotatable bonds is 2. The maximum absolute atomic E-state index is 11.7. The monoisotopic (exact) mass is 224 g/mol. The highest BCUT2D eigenvalue weighted by Gasteiger charge is 2.30. The highest BCUT2D eigenvalue weighted by molar-refractivity contribution is 6.31. The molecule has 0 bridgehead atoms. The van der Waals surface area contributed by atoms with Crippen LogP contribution in [0.5, 0.6) is 0 Å². The van der Waals surface area contributed by atoms with E-state index in [1.165, 1.54) is 0 Å². The van der Waals surface area contributed by atoms with Crippen LogP contribution in [0.3, 0.4) is 0 Å². The molecule has 1 aromatic carbocycles. The number of anilines is 1. The zero-order chi connectivity index (χ0) is 11.0. The van der Waals surface area contributed by atoms with E-state index in [-0.39, 0.29) is 11.9 Å². The maximum Gasteiger partial charge on any atom is 0.246 e. The van der Waals surface area contributed by atoms with E-state index in [9.17, 15) is 4.79 Å². The van der Waals surface area contributed by atoms with Gasteiger partial charge in [-0.15, -0.1) is 0 Å². The largest absolute Gasteiger partial charge is 0.324 e. The molecule has 0 saturated carbocycles. The van der Waals surface area contributed by atoms with Crippen molar-refractivity contribution in [1.82, 2.24) is 5.32 Å². The predicted molar refractivity (Wildman–Crippen MR) is 61.2 cm³/mol. The molecule has 3 nitrogen and oxygen atoms in total.